The van der Waals surface area contributed by atoms with Crippen molar-refractivity contribution in [3.63, 3.8) is 0 Å². The summed E-state index contributed by atoms with van der Waals surface area (Å²) in [5.74, 6) is 0.809. The third-order valence-corrected chi connectivity index (χ3v) is 3.92. The minimum absolute atomic E-state index is 0.628. The lowest BCUT2D eigenvalue weighted by Gasteiger charge is -2.08. The van der Waals surface area contributed by atoms with Crippen molar-refractivity contribution in [1.82, 2.24) is 10.3 Å². The van der Waals surface area contributed by atoms with Gasteiger partial charge >= 0.3 is 0 Å². The van der Waals surface area contributed by atoms with Gasteiger partial charge in [-0.05, 0) is 32.2 Å². The molecular weight excluding hydrogens is 180 g/mol. The molecule has 1 saturated carbocycles. The highest BCUT2D eigenvalue weighted by molar-refractivity contribution is 7.09. The Kier molecular flexibility index (Phi) is 1.87. The third kappa shape index (κ3) is 1.40. The van der Waals surface area contributed by atoms with E-state index in [2.05, 4.69) is 10.3 Å². The molecule has 1 aromatic heterocycles. The molecule has 0 spiro atoms. The van der Waals surface area contributed by atoms with Gasteiger partial charge in [0.2, 0.25) is 0 Å². The zero-order valence-corrected chi connectivity index (χ0v) is 8.44. The summed E-state index contributed by atoms with van der Waals surface area (Å²) in [6.07, 6.45) is 5.36. The van der Waals surface area contributed by atoms with E-state index < -0.39 is 0 Å². The van der Waals surface area contributed by atoms with E-state index >= 15 is 0 Å². The van der Waals surface area contributed by atoms with E-state index in [9.17, 15) is 0 Å². The molecule has 1 aromatic rings. The molecule has 1 saturated heterocycles. The maximum absolute atomic E-state index is 4.50. The first kappa shape index (κ1) is 7.94. The molecule has 1 aliphatic heterocycles. The third-order valence-electron chi connectivity index (χ3n) is 2.96. The lowest BCUT2D eigenvalue weighted by Crippen LogP contribution is -2.12. The molecule has 1 atom stereocenters. The van der Waals surface area contributed by atoms with Gasteiger partial charge in [-0.1, -0.05) is 0 Å². The fourth-order valence-electron chi connectivity index (χ4n) is 2.10. The van der Waals surface area contributed by atoms with Crippen LogP contribution in [0.4, 0.5) is 0 Å². The van der Waals surface area contributed by atoms with Gasteiger partial charge in [0.05, 0.1) is 11.2 Å². The Hall–Kier alpha value is -0.410. The van der Waals surface area contributed by atoms with Gasteiger partial charge in [0, 0.05) is 16.8 Å². The predicted octanol–water partition coefficient (Wildman–Crippen LogP) is 2.45. The molecule has 0 radical (unpaired) electrons. The Labute approximate surface area is 82.4 Å². The zero-order valence-electron chi connectivity index (χ0n) is 7.62. The summed E-state index contributed by atoms with van der Waals surface area (Å²) in [7, 11) is 0. The van der Waals surface area contributed by atoms with Crippen molar-refractivity contribution in [2.45, 2.75) is 37.6 Å². The van der Waals surface area contributed by atoms with Crippen molar-refractivity contribution >= 4 is 11.3 Å². The number of hydrogen-bond acceptors (Lipinski definition) is 3. The predicted molar refractivity (Wildman–Crippen MR) is 54.1 cm³/mol. The van der Waals surface area contributed by atoms with Crippen molar-refractivity contribution in [1.29, 1.82) is 0 Å². The number of aromatic nitrogens is 1. The van der Waals surface area contributed by atoms with E-state index in [1.54, 1.807) is 0 Å². The van der Waals surface area contributed by atoms with E-state index in [1.807, 2.05) is 16.8 Å². The Morgan fingerprint density at radius 3 is 3.00 bits per heavy atom. The van der Waals surface area contributed by atoms with Crippen molar-refractivity contribution < 1.29 is 0 Å². The SMILES string of the molecule is c1nc(C2CC2)c(C2CCCN2)s1. The summed E-state index contributed by atoms with van der Waals surface area (Å²) >= 11 is 1.84. The van der Waals surface area contributed by atoms with Gasteiger partial charge in [-0.15, -0.1) is 11.3 Å². The first-order valence-corrected chi connectivity index (χ1v) is 6.00. The lowest BCUT2D eigenvalue weighted by molar-refractivity contribution is 0.650. The van der Waals surface area contributed by atoms with Crippen LogP contribution in [0, 0.1) is 0 Å². The fraction of sp³-hybridized carbons (Fsp3) is 0.700. The van der Waals surface area contributed by atoms with Crippen LogP contribution in [0.2, 0.25) is 0 Å². The van der Waals surface area contributed by atoms with Gasteiger partial charge in [-0.25, -0.2) is 4.98 Å². The van der Waals surface area contributed by atoms with Crippen LogP contribution in [0.25, 0.3) is 0 Å². The second-order valence-corrected chi connectivity index (χ2v) is 4.91. The van der Waals surface area contributed by atoms with Gasteiger partial charge < -0.3 is 5.32 Å². The fourth-order valence-corrected chi connectivity index (χ4v) is 3.08. The second kappa shape index (κ2) is 3.07. The van der Waals surface area contributed by atoms with Crippen LogP contribution in [0.15, 0.2) is 5.51 Å². The van der Waals surface area contributed by atoms with Gasteiger partial charge in [-0.2, -0.15) is 0 Å². The van der Waals surface area contributed by atoms with Gasteiger partial charge in [0.25, 0.3) is 0 Å². The van der Waals surface area contributed by atoms with Crippen LogP contribution in [0.5, 0.6) is 0 Å². The zero-order chi connectivity index (χ0) is 8.67. The highest BCUT2D eigenvalue weighted by Gasteiger charge is 2.31. The molecule has 13 heavy (non-hydrogen) atoms. The molecule has 0 aromatic carbocycles. The monoisotopic (exact) mass is 194 g/mol. The topological polar surface area (TPSA) is 24.9 Å². The van der Waals surface area contributed by atoms with Crippen LogP contribution < -0.4 is 5.32 Å². The molecule has 0 amide bonds. The molecule has 70 valence electrons. The molecule has 1 aliphatic carbocycles. The van der Waals surface area contributed by atoms with Crippen LogP contribution in [0.3, 0.4) is 0 Å². The van der Waals surface area contributed by atoms with Crippen LogP contribution in [-0.4, -0.2) is 11.5 Å². The largest absolute Gasteiger partial charge is 0.309 e. The summed E-state index contributed by atoms with van der Waals surface area (Å²) in [6.45, 7) is 1.19. The van der Waals surface area contributed by atoms with Gasteiger partial charge in [-0.3, -0.25) is 0 Å². The quantitative estimate of drug-likeness (QED) is 0.782. The molecule has 2 heterocycles. The molecular formula is C10H14N2S. The van der Waals surface area contributed by atoms with E-state index in [1.165, 1.54) is 42.8 Å². The van der Waals surface area contributed by atoms with Crippen LogP contribution >= 0.6 is 11.3 Å². The summed E-state index contributed by atoms with van der Waals surface area (Å²) in [6, 6.07) is 0.628. The van der Waals surface area contributed by atoms with E-state index in [-0.39, 0.29) is 0 Å². The standard InChI is InChI=1S/C10H14N2S/c1-2-8(11-5-1)10-9(7-3-4-7)12-6-13-10/h6-8,11H,1-5H2. The molecule has 1 unspecified atom stereocenters. The maximum Gasteiger partial charge on any atom is 0.0798 e. The van der Waals surface area contributed by atoms with Gasteiger partial charge in [0.1, 0.15) is 0 Å². The molecule has 2 nitrogen and oxygen atoms in total. The summed E-state index contributed by atoms with van der Waals surface area (Å²) in [5.41, 5.74) is 3.42. The summed E-state index contributed by atoms with van der Waals surface area (Å²) in [5, 5.41) is 3.55. The molecule has 1 N–H and O–H groups in total. The molecule has 0 bridgehead atoms. The van der Waals surface area contributed by atoms with Crippen molar-refractivity contribution in [3.05, 3.63) is 16.1 Å². The Balaban J connectivity index is 1.88. The molecule has 3 heteroatoms. The minimum atomic E-state index is 0.628. The smallest absolute Gasteiger partial charge is 0.0798 e. The Morgan fingerprint density at radius 2 is 2.31 bits per heavy atom. The van der Waals surface area contributed by atoms with Gasteiger partial charge in [0.15, 0.2) is 0 Å². The van der Waals surface area contributed by atoms with E-state index in [4.69, 9.17) is 0 Å². The van der Waals surface area contributed by atoms with Crippen LogP contribution in [0.1, 0.15) is 48.2 Å². The van der Waals surface area contributed by atoms with Crippen molar-refractivity contribution in [2.24, 2.45) is 0 Å². The summed E-state index contributed by atoms with van der Waals surface area (Å²) < 4.78 is 0. The first-order chi connectivity index (χ1) is 6.45. The van der Waals surface area contributed by atoms with Crippen molar-refractivity contribution in [2.75, 3.05) is 6.54 Å². The Morgan fingerprint density at radius 1 is 1.38 bits per heavy atom. The molecule has 3 rings (SSSR count). The number of rotatable bonds is 2. The number of nitrogens with zero attached hydrogens (tertiary/aromatic N) is 1. The van der Waals surface area contributed by atoms with E-state index in [0.29, 0.717) is 6.04 Å². The Bertz CT molecular complexity index is 298. The molecule has 2 aliphatic rings. The second-order valence-electron chi connectivity index (χ2n) is 4.03. The lowest BCUT2D eigenvalue weighted by atomic mass is 10.1. The number of hydrogen-bond donors (Lipinski definition) is 1. The highest BCUT2D eigenvalue weighted by Crippen LogP contribution is 2.44. The highest BCUT2D eigenvalue weighted by atomic mass is 32.1. The molecule has 2 fully saturated rings. The normalized spacial score (nSPS) is 28.2. The average Bonchev–Trinajstić information content (AvgIpc) is 2.72. The van der Waals surface area contributed by atoms with Crippen LogP contribution in [-0.2, 0) is 0 Å². The number of nitrogens with one attached hydrogen (secondary N) is 1. The number of thiazole rings is 1. The van der Waals surface area contributed by atoms with Crippen molar-refractivity contribution in [3.8, 4) is 0 Å². The van der Waals surface area contributed by atoms with E-state index in [0.717, 1.165) is 5.92 Å². The first-order valence-electron chi connectivity index (χ1n) is 5.12. The summed E-state index contributed by atoms with van der Waals surface area (Å²) in [4.78, 5) is 6.03. The maximum atomic E-state index is 4.50. The average molecular weight is 194 g/mol. The minimum Gasteiger partial charge on any atom is -0.309 e.